The average Bonchev–Trinajstić information content (AvgIpc) is 2.81. The summed E-state index contributed by atoms with van der Waals surface area (Å²) >= 11 is 0. The molecule has 0 aliphatic rings. The van der Waals surface area contributed by atoms with Crippen LogP contribution in [0, 0.1) is 0 Å². The van der Waals surface area contributed by atoms with Crippen LogP contribution in [-0.4, -0.2) is 98.7 Å². The fourth-order valence-electron chi connectivity index (χ4n) is 2.90. The molecule has 32 heavy (non-hydrogen) atoms. The van der Waals surface area contributed by atoms with Crippen molar-refractivity contribution in [1.82, 2.24) is 0 Å². The van der Waals surface area contributed by atoms with Gasteiger partial charge in [0.1, 0.15) is 13.2 Å². The van der Waals surface area contributed by atoms with Gasteiger partial charge in [0.2, 0.25) is 0 Å². The van der Waals surface area contributed by atoms with E-state index in [0.717, 1.165) is 25.7 Å². The maximum atomic E-state index is 12.2. The highest BCUT2D eigenvalue weighted by Crippen LogP contribution is 2.10. The van der Waals surface area contributed by atoms with E-state index in [-0.39, 0.29) is 37.6 Å². The molecule has 0 saturated carbocycles. The molecule has 0 amide bonds. The van der Waals surface area contributed by atoms with Gasteiger partial charge < -0.3 is 37.9 Å². The van der Waals surface area contributed by atoms with E-state index in [0.29, 0.717) is 39.3 Å². The third-order valence-corrected chi connectivity index (χ3v) is 5.14. The third-order valence-electron chi connectivity index (χ3n) is 5.14. The maximum Gasteiger partial charge on any atom is 0.508 e. The SMILES string of the molecule is CCC(COC(CCCOC)COC(=O)OCC(CCCOC)OCC(CC)OC)OC. The number of ether oxygens (including phenoxy) is 8. The van der Waals surface area contributed by atoms with Crippen molar-refractivity contribution in [3.05, 3.63) is 0 Å². The van der Waals surface area contributed by atoms with Crippen molar-refractivity contribution >= 4 is 6.16 Å². The largest absolute Gasteiger partial charge is 0.508 e. The van der Waals surface area contributed by atoms with Crippen molar-refractivity contribution in [1.29, 1.82) is 0 Å². The molecule has 0 spiro atoms. The monoisotopic (exact) mass is 466 g/mol. The number of rotatable bonds is 22. The van der Waals surface area contributed by atoms with E-state index < -0.39 is 6.16 Å². The quantitative estimate of drug-likeness (QED) is 0.175. The lowest BCUT2D eigenvalue weighted by molar-refractivity contribution is -0.0740. The minimum atomic E-state index is -0.733. The molecule has 4 atom stereocenters. The molecule has 0 aromatic carbocycles. The number of hydrogen-bond acceptors (Lipinski definition) is 9. The summed E-state index contributed by atoms with van der Waals surface area (Å²) < 4.78 is 43.3. The first-order valence-electron chi connectivity index (χ1n) is 11.6. The van der Waals surface area contributed by atoms with Crippen LogP contribution in [-0.2, 0) is 37.9 Å². The molecule has 0 N–H and O–H groups in total. The first-order chi connectivity index (χ1) is 15.5. The van der Waals surface area contributed by atoms with Crippen LogP contribution >= 0.6 is 0 Å². The number of hydrogen-bond donors (Lipinski definition) is 0. The second-order valence-electron chi connectivity index (χ2n) is 7.58. The summed E-state index contributed by atoms with van der Waals surface area (Å²) in [5.74, 6) is 0. The zero-order valence-electron chi connectivity index (χ0n) is 21.0. The van der Waals surface area contributed by atoms with Gasteiger partial charge in [0, 0.05) is 41.7 Å². The van der Waals surface area contributed by atoms with Crippen LogP contribution in [0.15, 0.2) is 0 Å². The molecule has 0 aromatic rings. The minimum absolute atomic E-state index is 0.0101. The Morgan fingerprint density at radius 1 is 0.625 bits per heavy atom. The molecular weight excluding hydrogens is 420 g/mol. The fourth-order valence-corrected chi connectivity index (χ4v) is 2.90. The standard InChI is InChI=1S/C23H46O9/c1-7-19(27-5)15-29-21(11-9-13-25-3)17-31-23(24)32-18-22(12-10-14-26-4)30-16-20(8-2)28-6/h19-22H,7-18H2,1-6H3. The zero-order valence-corrected chi connectivity index (χ0v) is 21.0. The summed E-state index contributed by atoms with van der Waals surface area (Å²) in [6.07, 6.45) is 3.50. The van der Waals surface area contributed by atoms with Crippen molar-refractivity contribution in [2.45, 2.75) is 76.8 Å². The van der Waals surface area contributed by atoms with Gasteiger partial charge in [-0.15, -0.1) is 0 Å². The van der Waals surface area contributed by atoms with E-state index in [2.05, 4.69) is 0 Å². The predicted octanol–water partition coefficient (Wildman–Crippen LogP) is 3.61. The molecule has 9 nitrogen and oxygen atoms in total. The molecule has 192 valence electrons. The number of carbonyl (C=O) groups is 1. The summed E-state index contributed by atoms with van der Waals surface area (Å²) in [6, 6.07) is 0. The molecule has 0 saturated heterocycles. The van der Waals surface area contributed by atoms with Gasteiger partial charge in [0.25, 0.3) is 0 Å². The Bertz CT molecular complexity index is 378. The van der Waals surface area contributed by atoms with Crippen LogP contribution < -0.4 is 0 Å². The summed E-state index contributed by atoms with van der Waals surface area (Å²) in [5, 5.41) is 0. The second-order valence-corrected chi connectivity index (χ2v) is 7.58. The van der Waals surface area contributed by atoms with Crippen molar-refractivity contribution in [3.63, 3.8) is 0 Å². The third kappa shape index (κ3) is 16.6. The molecule has 0 aliphatic heterocycles. The van der Waals surface area contributed by atoms with E-state index in [1.54, 1.807) is 28.4 Å². The van der Waals surface area contributed by atoms with Gasteiger partial charge >= 0.3 is 6.16 Å². The minimum Gasteiger partial charge on any atom is -0.432 e. The van der Waals surface area contributed by atoms with Gasteiger partial charge in [0.15, 0.2) is 0 Å². The molecule has 0 rings (SSSR count). The fraction of sp³-hybridized carbons (Fsp3) is 0.957. The lowest BCUT2D eigenvalue weighted by Crippen LogP contribution is -2.30. The van der Waals surface area contributed by atoms with Crippen molar-refractivity contribution in [2.24, 2.45) is 0 Å². The van der Waals surface area contributed by atoms with Gasteiger partial charge in [0.05, 0.1) is 37.6 Å². The highest BCUT2D eigenvalue weighted by molar-refractivity contribution is 5.59. The zero-order chi connectivity index (χ0) is 24.0. The normalized spacial score (nSPS) is 15.2. The molecule has 0 bridgehead atoms. The van der Waals surface area contributed by atoms with Crippen LogP contribution in [0.25, 0.3) is 0 Å². The Balaban J connectivity index is 4.52. The van der Waals surface area contributed by atoms with Crippen molar-refractivity contribution in [2.75, 3.05) is 68.1 Å². The van der Waals surface area contributed by atoms with Crippen LogP contribution in [0.1, 0.15) is 52.4 Å². The van der Waals surface area contributed by atoms with Gasteiger partial charge in [-0.2, -0.15) is 0 Å². The second kappa shape index (κ2) is 21.9. The van der Waals surface area contributed by atoms with E-state index in [1.807, 2.05) is 13.8 Å². The summed E-state index contributed by atoms with van der Waals surface area (Å²) in [4.78, 5) is 12.2. The lowest BCUT2D eigenvalue weighted by Gasteiger charge is -2.22. The molecule has 4 unspecified atom stereocenters. The van der Waals surface area contributed by atoms with Gasteiger partial charge in [-0.25, -0.2) is 4.79 Å². The van der Waals surface area contributed by atoms with Gasteiger partial charge in [-0.1, -0.05) is 13.8 Å². The molecule has 0 radical (unpaired) electrons. The molecule has 0 heterocycles. The number of carbonyl (C=O) groups excluding carboxylic acids is 1. The Morgan fingerprint density at radius 2 is 1.03 bits per heavy atom. The average molecular weight is 467 g/mol. The first kappa shape index (κ1) is 31.0. The van der Waals surface area contributed by atoms with E-state index in [4.69, 9.17) is 37.9 Å². The number of methoxy groups -OCH3 is 4. The molecule has 0 aromatic heterocycles. The van der Waals surface area contributed by atoms with Crippen LogP contribution in [0.3, 0.4) is 0 Å². The van der Waals surface area contributed by atoms with E-state index >= 15 is 0 Å². The highest BCUT2D eigenvalue weighted by atomic mass is 16.7. The van der Waals surface area contributed by atoms with Gasteiger partial charge in [-0.05, 0) is 38.5 Å². The Labute approximate surface area is 194 Å². The van der Waals surface area contributed by atoms with Crippen molar-refractivity contribution < 1.29 is 42.7 Å². The Morgan fingerprint density at radius 3 is 1.34 bits per heavy atom. The molecule has 0 fully saturated rings. The Hall–Kier alpha value is -0.970. The van der Waals surface area contributed by atoms with E-state index in [1.165, 1.54) is 0 Å². The molecule has 9 heteroatoms. The van der Waals surface area contributed by atoms with Crippen LogP contribution in [0.5, 0.6) is 0 Å². The summed E-state index contributed by atoms with van der Waals surface area (Å²) in [7, 11) is 6.63. The van der Waals surface area contributed by atoms with Crippen LogP contribution in [0.4, 0.5) is 4.79 Å². The van der Waals surface area contributed by atoms with Crippen LogP contribution in [0.2, 0.25) is 0 Å². The highest BCUT2D eigenvalue weighted by Gasteiger charge is 2.18. The predicted molar refractivity (Wildman–Crippen MR) is 121 cm³/mol. The first-order valence-corrected chi connectivity index (χ1v) is 11.6. The molecular formula is C23H46O9. The lowest BCUT2D eigenvalue weighted by atomic mass is 10.2. The Kier molecular flexibility index (Phi) is 21.2. The smallest absolute Gasteiger partial charge is 0.432 e. The molecule has 0 aliphatic carbocycles. The maximum absolute atomic E-state index is 12.2. The van der Waals surface area contributed by atoms with Gasteiger partial charge in [-0.3, -0.25) is 0 Å². The van der Waals surface area contributed by atoms with E-state index in [9.17, 15) is 4.79 Å². The summed E-state index contributed by atoms with van der Waals surface area (Å²) in [5.41, 5.74) is 0. The topological polar surface area (TPSA) is 90.9 Å². The van der Waals surface area contributed by atoms with Crippen molar-refractivity contribution in [3.8, 4) is 0 Å². The summed E-state index contributed by atoms with van der Waals surface area (Å²) in [6.45, 7) is 6.41.